The molecule has 0 aliphatic rings. The van der Waals surface area contributed by atoms with Gasteiger partial charge in [-0.15, -0.1) is 0 Å². The summed E-state index contributed by atoms with van der Waals surface area (Å²) < 4.78 is 1.01. The predicted molar refractivity (Wildman–Crippen MR) is 83.1 cm³/mol. The highest BCUT2D eigenvalue weighted by atomic mass is 79.9. The molecule has 0 aliphatic carbocycles. The van der Waals surface area contributed by atoms with Gasteiger partial charge in [-0.1, -0.05) is 30.3 Å². The Morgan fingerprint density at radius 3 is 2.47 bits per heavy atom. The number of aromatic nitrogens is 1. The largest absolute Gasteiger partial charge is 0.360 e. The zero-order chi connectivity index (χ0) is 13.9. The Bertz CT molecular complexity index is 557. The molecule has 1 atom stereocenters. The van der Waals surface area contributed by atoms with E-state index in [0.29, 0.717) is 6.54 Å². The highest BCUT2D eigenvalue weighted by molar-refractivity contribution is 9.10. The zero-order valence-corrected chi connectivity index (χ0v) is 12.7. The van der Waals surface area contributed by atoms with Crippen LogP contribution in [0.25, 0.3) is 0 Å². The van der Waals surface area contributed by atoms with Crippen LogP contribution < -0.4 is 11.1 Å². The van der Waals surface area contributed by atoms with E-state index in [-0.39, 0.29) is 5.54 Å². The highest BCUT2D eigenvalue weighted by Gasteiger charge is 2.24. The third-order valence-corrected chi connectivity index (χ3v) is 4.08. The Labute approximate surface area is 122 Å². The molecule has 1 unspecified atom stereocenters. The van der Waals surface area contributed by atoms with Gasteiger partial charge in [0.1, 0.15) is 5.82 Å². The molecule has 100 valence electrons. The molecule has 0 fully saturated rings. The molecule has 1 aromatic carbocycles. The summed E-state index contributed by atoms with van der Waals surface area (Å²) in [7, 11) is 0. The minimum Gasteiger partial charge on any atom is -0.360 e. The van der Waals surface area contributed by atoms with Gasteiger partial charge in [0.2, 0.25) is 0 Å². The van der Waals surface area contributed by atoms with E-state index in [9.17, 15) is 0 Å². The second-order valence-electron chi connectivity index (χ2n) is 4.79. The summed E-state index contributed by atoms with van der Waals surface area (Å²) in [6, 6.07) is 14.1. The molecule has 0 spiro atoms. The SMILES string of the molecule is Cc1nc(NC(C)(CN)c2ccccc2)ccc1Br. The molecule has 2 rings (SSSR count). The van der Waals surface area contributed by atoms with E-state index in [0.717, 1.165) is 21.5 Å². The second-order valence-corrected chi connectivity index (χ2v) is 5.65. The molecule has 0 radical (unpaired) electrons. The van der Waals surface area contributed by atoms with Gasteiger partial charge in [-0.2, -0.15) is 0 Å². The van der Waals surface area contributed by atoms with Crippen LogP contribution in [0, 0.1) is 6.92 Å². The van der Waals surface area contributed by atoms with Crippen molar-refractivity contribution >= 4 is 21.7 Å². The lowest BCUT2D eigenvalue weighted by molar-refractivity contribution is 0.553. The van der Waals surface area contributed by atoms with Crippen molar-refractivity contribution in [3.8, 4) is 0 Å². The van der Waals surface area contributed by atoms with E-state index in [1.54, 1.807) is 0 Å². The van der Waals surface area contributed by atoms with Gasteiger partial charge in [0.15, 0.2) is 0 Å². The Kier molecular flexibility index (Phi) is 4.22. The normalized spacial score (nSPS) is 13.9. The van der Waals surface area contributed by atoms with Gasteiger partial charge < -0.3 is 11.1 Å². The molecule has 0 saturated heterocycles. The Morgan fingerprint density at radius 2 is 1.89 bits per heavy atom. The molecule has 0 bridgehead atoms. The number of nitrogens with zero attached hydrogens (tertiary/aromatic N) is 1. The minimum atomic E-state index is -0.325. The van der Waals surface area contributed by atoms with Crippen molar-refractivity contribution in [2.24, 2.45) is 5.73 Å². The number of pyridine rings is 1. The van der Waals surface area contributed by atoms with Gasteiger partial charge in [-0.3, -0.25) is 0 Å². The van der Waals surface area contributed by atoms with E-state index in [4.69, 9.17) is 5.73 Å². The number of benzene rings is 1. The molecular formula is C15H18BrN3. The third-order valence-electron chi connectivity index (χ3n) is 3.24. The second kappa shape index (κ2) is 5.72. The summed E-state index contributed by atoms with van der Waals surface area (Å²) in [5, 5.41) is 3.43. The molecule has 0 amide bonds. The van der Waals surface area contributed by atoms with Crippen LogP contribution >= 0.6 is 15.9 Å². The molecule has 1 heterocycles. The summed E-state index contributed by atoms with van der Waals surface area (Å²) >= 11 is 3.46. The maximum Gasteiger partial charge on any atom is 0.127 e. The van der Waals surface area contributed by atoms with E-state index in [1.807, 2.05) is 37.3 Å². The van der Waals surface area contributed by atoms with Crippen molar-refractivity contribution < 1.29 is 0 Å². The maximum atomic E-state index is 5.96. The summed E-state index contributed by atoms with van der Waals surface area (Å²) in [5.74, 6) is 0.831. The van der Waals surface area contributed by atoms with Crippen LogP contribution in [0.3, 0.4) is 0 Å². The molecule has 4 heteroatoms. The van der Waals surface area contributed by atoms with Gasteiger partial charge in [-0.05, 0) is 47.5 Å². The summed E-state index contributed by atoms with van der Waals surface area (Å²) in [6.07, 6.45) is 0. The van der Waals surface area contributed by atoms with E-state index in [2.05, 4.69) is 45.3 Å². The van der Waals surface area contributed by atoms with Crippen LogP contribution in [0.5, 0.6) is 0 Å². The molecular weight excluding hydrogens is 302 g/mol. The number of aryl methyl sites for hydroxylation is 1. The Balaban J connectivity index is 2.30. The first-order valence-corrected chi connectivity index (χ1v) is 7.01. The fourth-order valence-corrected chi connectivity index (χ4v) is 2.16. The lowest BCUT2D eigenvalue weighted by atomic mass is 9.92. The molecule has 1 aromatic heterocycles. The average molecular weight is 320 g/mol. The van der Waals surface area contributed by atoms with Crippen molar-refractivity contribution in [2.45, 2.75) is 19.4 Å². The number of nitrogens with two attached hydrogens (primary N) is 1. The van der Waals surface area contributed by atoms with Gasteiger partial charge in [0.05, 0.1) is 11.2 Å². The Morgan fingerprint density at radius 1 is 1.21 bits per heavy atom. The Hall–Kier alpha value is -1.39. The van der Waals surface area contributed by atoms with Crippen LogP contribution in [0.4, 0.5) is 5.82 Å². The molecule has 19 heavy (non-hydrogen) atoms. The lowest BCUT2D eigenvalue weighted by Gasteiger charge is -2.30. The molecule has 2 aromatic rings. The van der Waals surface area contributed by atoms with Crippen LogP contribution in [0.2, 0.25) is 0 Å². The summed E-state index contributed by atoms with van der Waals surface area (Å²) in [6.45, 7) is 4.55. The van der Waals surface area contributed by atoms with Crippen molar-refractivity contribution in [2.75, 3.05) is 11.9 Å². The molecule has 0 aliphatic heterocycles. The standard InChI is InChI=1S/C15H18BrN3/c1-11-13(16)8-9-14(18-11)19-15(2,10-17)12-6-4-3-5-7-12/h3-9H,10,17H2,1-2H3,(H,18,19). The molecule has 0 saturated carbocycles. The first-order chi connectivity index (χ1) is 9.05. The van der Waals surface area contributed by atoms with Crippen molar-refractivity contribution in [1.29, 1.82) is 0 Å². The smallest absolute Gasteiger partial charge is 0.127 e. The van der Waals surface area contributed by atoms with Crippen LogP contribution in [0.1, 0.15) is 18.2 Å². The quantitative estimate of drug-likeness (QED) is 0.907. The van der Waals surface area contributed by atoms with E-state index < -0.39 is 0 Å². The fourth-order valence-electron chi connectivity index (χ4n) is 1.94. The van der Waals surface area contributed by atoms with Gasteiger partial charge in [0.25, 0.3) is 0 Å². The minimum absolute atomic E-state index is 0.325. The van der Waals surface area contributed by atoms with Crippen LogP contribution in [-0.4, -0.2) is 11.5 Å². The first kappa shape index (κ1) is 14.0. The van der Waals surface area contributed by atoms with Gasteiger partial charge in [0, 0.05) is 11.0 Å². The number of nitrogens with one attached hydrogen (secondary N) is 1. The first-order valence-electron chi connectivity index (χ1n) is 6.22. The molecule has 3 N–H and O–H groups in total. The number of hydrogen-bond donors (Lipinski definition) is 2. The summed E-state index contributed by atoms with van der Waals surface area (Å²) in [5.41, 5.74) is 7.74. The van der Waals surface area contributed by atoms with E-state index in [1.165, 1.54) is 0 Å². The summed E-state index contributed by atoms with van der Waals surface area (Å²) in [4.78, 5) is 4.52. The molecule has 3 nitrogen and oxygen atoms in total. The number of anilines is 1. The van der Waals surface area contributed by atoms with Crippen LogP contribution in [0.15, 0.2) is 46.9 Å². The van der Waals surface area contributed by atoms with Crippen molar-refractivity contribution in [3.05, 3.63) is 58.2 Å². The predicted octanol–water partition coefficient (Wildman–Crippen LogP) is 3.44. The fraction of sp³-hybridized carbons (Fsp3) is 0.267. The topological polar surface area (TPSA) is 50.9 Å². The van der Waals surface area contributed by atoms with Gasteiger partial charge >= 0.3 is 0 Å². The number of rotatable bonds is 4. The number of hydrogen-bond acceptors (Lipinski definition) is 3. The van der Waals surface area contributed by atoms with Crippen molar-refractivity contribution in [3.63, 3.8) is 0 Å². The number of halogens is 1. The monoisotopic (exact) mass is 319 g/mol. The lowest BCUT2D eigenvalue weighted by Crippen LogP contribution is -2.40. The van der Waals surface area contributed by atoms with E-state index >= 15 is 0 Å². The highest BCUT2D eigenvalue weighted by Crippen LogP contribution is 2.25. The van der Waals surface area contributed by atoms with Crippen molar-refractivity contribution in [1.82, 2.24) is 4.98 Å². The maximum absolute atomic E-state index is 5.96. The van der Waals surface area contributed by atoms with Gasteiger partial charge in [-0.25, -0.2) is 4.98 Å². The third kappa shape index (κ3) is 3.14. The zero-order valence-electron chi connectivity index (χ0n) is 11.2. The average Bonchev–Trinajstić information content (AvgIpc) is 2.44. The van der Waals surface area contributed by atoms with Crippen LogP contribution in [-0.2, 0) is 5.54 Å².